The van der Waals surface area contributed by atoms with Gasteiger partial charge in [0, 0.05) is 0 Å². The Morgan fingerprint density at radius 3 is 2.33 bits per heavy atom. The molecule has 0 radical (unpaired) electrons. The lowest BCUT2D eigenvalue weighted by Gasteiger charge is -2.56. The van der Waals surface area contributed by atoms with Gasteiger partial charge in [0.1, 0.15) is 11.7 Å². The highest BCUT2D eigenvalue weighted by molar-refractivity contribution is 5.82. The second-order valence-electron chi connectivity index (χ2n) is 7.45. The Hall–Kier alpha value is -0.610. The number of hydrogen-bond donors (Lipinski definition) is 0. The van der Waals surface area contributed by atoms with Crippen LogP contribution in [0.25, 0.3) is 0 Å². The molecule has 3 atom stereocenters. The predicted molar refractivity (Wildman–Crippen MR) is 66.7 cm³/mol. The van der Waals surface area contributed by atoms with Crippen LogP contribution in [0.4, 0.5) is 0 Å². The van der Waals surface area contributed by atoms with E-state index in [1.165, 1.54) is 0 Å². The highest BCUT2D eigenvalue weighted by Gasteiger charge is 2.67. The normalized spacial score (nSPS) is 38.6. The fraction of sp³-hybridized carbons (Fsp3) is 0.929. The Bertz CT molecular complexity index is 355. The van der Waals surface area contributed by atoms with Crippen LogP contribution in [-0.4, -0.2) is 23.3 Å². The van der Waals surface area contributed by atoms with Gasteiger partial charge in [0.25, 0.3) is 0 Å². The summed E-state index contributed by atoms with van der Waals surface area (Å²) in [7, 11) is 0. The summed E-state index contributed by atoms with van der Waals surface area (Å²) in [6, 6.07) is 0. The van der Waals surface area contributed by atoms with Gasteiger partial charge in [0.2, 0.25) is 5.60 Å². The van der Waals surface area contributed by atoms with Crippen LogP contribution in [0.1, 0.15) is 54.4 Å². The summed E-state index contributed by atoms with van der Waals surface area (Å²) >= 11 is 0. The molecule has 2 rings (SSSR count). The molecule has 0 amide bonds. The van der Waals surface area contributed by atoms with E-state index in [4.69, 9.17) is 14.5 Å². The molecule has 104 valence electrons. The van der Waals surface area contributed by atoms with Crippen LogP contribution in [0.15, 0.2) is 0 Å². The molecular weight excluding hydrogens is 232 g/mol. The van der Waals surface area contributed by atoms with E-state index in [1.54, 1.807) is 0 Å². The maximum Gasteiger partial charge on any atom is 0.345 e. The summed E-state index contributed by atoms with van der Waals surface area (Å²) in [5.41, 5.74) is -1.46. The summed E-state index contributed by atoms with van der Waals surface area (Å²) in [4.78, 5) is 22.9. The van der Waals surface area contributed by atoms with Crippen LogP contribution in [0.2, 0.25) is 0 Å². The smallest absolute Gasteiger partial charge is 0.345 e. The second-order valence-corrected chi connectivity index (χ2v) is 7.45. The SMILES string of the molecule is CC1CC(C)(C)C2OOC2(C(=O)OC(C)(C)C)C1. The van der Waals surface area contributed by atoms with E-state index in [9.17, 15) is 4.79 Å². The van der Waals surface area contributed by atoms with Gasteiger partial charge in [0.05, 0.1) is 0 Å². The third kappa shape index (κ3) is 2.16. The van der Waals surface area contributed by atoms with Gasteiger partial charge < -0.3 is 4.74 Å². The number of fused-ring (bicyclic) bond motifs is 1. The fourth-order valence-corrected chi connectivity index (χ4v) is 3.30. The molecule has 0 N–H and O–H groups in total. The number of carbonyl (C=O) groups excluding carboxylic acids is 1. The van der Waals surface area contributed by atoms with Gasteiger partial charge in [0.15, 0.2) is 0 Å². The van der Waals surface area contributed by atoms with Crippen LogP contribution in [-0.2, 0) is 19.3 Å². The van der Waals surface area contributed by atoms with Gasteiger partial charge in [-0.25, -0.2) is 14.6 Å². The molecule has 0 spiro atoms. The van der Waals surface area contributed by atoms with E-state index < -0.39 is 11.2 Å². The number of ether oxygens (including phenoxy) is 1. The molecule has 1 aliphatic carbocycles. The average molecular weight is 256 g/mol. The van der Waals surface area contributed by atoms with Gasteiger partial charge in [-0.05, 0) is 44.9 Å². The quantitative estimate of drug-likeness (QED) is 0.534. The van der Waals surface area contributed by atoms with Crippen LogP contribution >= 0.6 is 0 Å². The molecule has 0 aromatic carbocycles. The van der Waals surface area contributed by atoms with Crippen molar-refractivity contribution in [2.24, 2.45) is 11.3 Å². The molecule has 2 aliphatic rings. The average Bonchev–Trinajstić information content (AvgIpc) is 2.04. The largest absolute Gasteiger partial charge is 0.458 e. The Morgan fingerprint density at radius 1 is 1.28 bits per heavy atom. The molecule has 2 fully saturated rings. The van der Waals surface area contributed by atoms with Gasteiger partial charge in [-0.15, -0.1) is 0 Å². The van der Waals surface area contributed by atoms with E-state index in [-0.39, 0.29) is 17.5 Å². The molecule has 18 heavy (non-hydrogen) atoms. The van der Waals surface area contributed by atoms with E-state index in [0.29, 0.717) is 12.3 Å². The molecule has 1 heterocycles. The van der Waals surface area contributed by atoms with Crippen molar-refractivity contribution in [3.8, 4) is 0 Å². The Labute approximate surface area is 109 Å². The number of carbonyl (C=O) groups is 1. The minimum absolute atomic E-state index is 0.0627. The van der Waals surface area contributed by atoms with Crippen molar-refractivity contribution in [1.82, 2.24) is 0 Å². The first-order valence-electron chi connectivity index (χ1n) is 6.65. The van der Waals surface area contributed by atoms with Crippen molar-refractivity contribution >= 4 is 5.97 Å². The van der Waals surface area contributed by atoms with Crippen molar-refractivity contribution in [2.45, 2.75) is 71.7 Å². The zero-order valence-corrected chi connectivity index (χ0v) is 12.2. The van der Waals surface area contributed by atoms with Gasteiger partial charge >= 0.3 is 5.97 Å². The van der Waals surface area contributed by atoms with E-state index in [1.807, 2.05) is 20.8 Å². The molecule has 1 saturated carbocycles. The van der Waals surface area contributed by atoms with E-state index in [2.05, 4.69) is 20.8 Å². The molecule has 4 heteroatoms. The van der Waals surface area contributed by atoms with Crippen molar-refractivity contribution in [2.75, 3.05) is 0 Å². The van der Waals surface area contributed by atoms with Crippen molar-refractivity contribution in [3.05, 3.63) is 0 Å². The minimum atomic E-state index is -0.894. The first-order valence-corrected chi connectivity index (χ1v) is 6.65. The lowest BCUT2D eigenvalue weighted by Crippen LogP contribution is -2.70. The van der Waals surface area contributed by atoms with Crippen LogP contribution < -0.4 is 0 Å². The second kappa shape index (κ2) is 3.94. The highest BCUT2D eigenvalue weighted by Crippen LogP contribution is 2.53. The summed E-state index contributed by atoms with van der Waals surface area (Å²) < 4.78 is 5.50. The number of hydrogen-bond acceptors (Lipinski definition) is 4. The van der Waals surface area contributed by atoms with Crippen molar-refractivity contribution in [1.29, 1.82) is 0 Å². The van der Waals surface area contributed by atoms with Gasteiger partial charge in [-0.1, -0.05) is 20.8 Å². The van der Waals surface area contributed by atoms with E-state index in [0.717, 1.165) is 6.42 Å². The van der Waals surface area contributed by atoms with Crippen LogP contribution in [0.3, 0.4) is 0 Å². The minimum Gasteiger partial charge on any atom is -0.458 e. The molecular formula is C14H24O4. The molecule has 0 aromatic heterocycles. The molecule has 1 saturated heterocycles. The third-order valence-electron chi connectivity index (χ3n) is 3.70. The Morgan fingerprint density at radius 2 is 1.89 bits per heavy atom. The van der Waals surface area contributed by atoms with Gasteiger partial charge in [-0.3, -0.25) is 0 Å². The number of esters is 1. The molecule has 4 nitrogen and oxygen atoms in total. The summed E-state index contributed by atoms with van der Waals surface area (Å²) in [6.45, 7) is 12.0. The molecule has 0 bridgehead atoms. The van der Waals surface area contributed by atoms with Crippen molar-refractivity contribution < 1.29 is 19.3 Å². The Kier molecular flexibility index (Phi) is 3.02. The first-order chi connectivity index (χ1) is 8.07. The first kappa shape index (κ1) is 13.8. The summed E-state index contributed by atoms with van der Waals surface area (Å²) in [5.74, 6) is 0.138. The number of rotatable bonds is 1. The standard InChI is InChI=1S/C14H24O4/c1-9-7-13(5,6)10-14(8-9,18-17-10)11(15)16-12(2,3)4/h9-10H,7-8H2,1-6H3. The zero-order chi connectivity index (χ0) is 13.8. The molecule has 1 aliphatic heterocycles. The molecule has 0 aromatic rings. The summed E-state index contributed by atoms with van der Waals surface area (Å²) in [5, 5.41) is 0. The highest BCUT2D eigenvalue weighted by atomic mass is 17.3. The Balaban J connectivity index is 2.22. The summed E-state index contributed by atoms with van der Waals surface area (Å²) in [6.07, 6.45) is 1.51. The molecule has 3 unspecified atom stereocenters. The zero-order valence-electron chi connectivity index (χ0n) is 12.2. The van der Waals surface area contributed by atoms with E-state index >= 15 is 0 Å². The third-order valence-corrected chi connectivity index (χ3v) is 3.70. The van der Waals surface area contributed by atoms with Crippen LogP contribution in [0.5, 0.6) is 0 Å². The van der Waals surface area contributed by atoms with Crippen molar-refractivity contribution in [3.63, 3.8) is 0 Å². The fourth-order valence-electron chi connectivity index (χ4n) is 3.30. The van der Waals surface area contributed by atoms with Crippen LogP contribution in [0, 0.1) is 11.3 Å². The topological polar surface area (TPSA) is 44.8 Å². The van der Waals surface area contributed by atoms with Gasteiger partial charge in [-0.2, -0.15) is 0 Å². The lowest BCUT2D eigenvalue weighted by molar-refractivity contribution is -0.525. The lowest BCUT2D eigenvalue weighted by atomic mass is 9.62. The maximum atomic E-state index is 12.4. The predicted octanol–water partition coefficient (Wildman–Crippen LogP) is 2.85. The maximum absolute atomic E-state index is 12.4. The monoisotopic (exact) mass is 256 g/mol.